The Balaban J connectivity index is 3.71. The Morgan fingerprint density at radius 3 is 2.05 bits per heavy atom. The van der Waals surface area contributed by atoms with Crippen molar-refractivity contribution >= 4 is 29.3 Å². The van der Waals surface area contributed by atoms with Gasteiger partial charge in [0.15, 0.2) is 5.78 Å². The molecule has 124 valence electrons. The quantitative estimate of drug-likeness (QED) is 0.182. The molecule has 0 aromatic carbocycles. The van der Waals surface area contributed by atoms with Gasteiger partial charge in [0.2, 0.25) is 11.8 Å². The van der Waals surface area contributed by atoms with Crippen molar-refractivity contribution in [2.75, 3.05) is 26.3 Å². The largest absolute Gasteiger partial charge is 0.362 e. The van der Waals surface area contributed by atoms with Crippen LogP contribution in [0.5, 0.6) is 0 Å². The van der Waals surface area contributed by atoms with Gasteiger partial charge in [-0.2, -0.15) is 0 Å². The molecule has 0 aliphatic rings. The van der Waals surface area contributed by atoms with Crippen LogP contribution in [0.3, 0.4) is 0 Å². The molecule has 0 spiro atoms. The van der Waals surface area contributed by atoms with Crippen molar-refractivity contribution < 1.29 is 28.7 Å². The molecular weight excluding hydrogens is 296 g/mol. The fourth-order valence-electron chi connectivity index (χ4n) is 1.18. The van der Waals surface area contributed by atoms with Crippen molar-refractivity contribution in [1.82, 2.24) is 16.1 Å². The van der Waals surface area contributed by atoms with Crippen molar-refractivity contribution in [3.63, 3.8) is 0 Å². The fourth-order valence-corrected chi connectivity index (χ4v) is 1.18. The molecule has 0 aromatic rings. The molecule has 0 rings (SSSR count). The van der Waals surface area contributed by atoms with Crippen LogP contribution in [0.4, 0.5) is 0 Å². The number of hydrazine groups is 1. The highest BCUT2D eigenvalue weighted by Gasteiger charge is 2.09. The summed E-state index contributed by atoms with van der Waals surface area (Å²) in [6.07, 6.45) is -0.115. The highest BCUT2D eigenvalue weighted by atomic mass is 16.5. The number of hydrogen-bond donors (Lipinski definition) is 4. The third kappa shape index (κ3) is 11.5. The van der Waals surface area contributed by atoms with Gasteiger partial charge >= 0.3 is 0 Å². The minimum Gasteiger partial charge on any atom is -0.362 e. The first-order chi connectivity index (χ1) is 10.3. The summed E-state index contributed by atoms with van der Waals surface area (Å²) in [5.74, 6) is 2.72. The first kappa shape index (κ1) is 19.7. The number of ether oxygens (including phenoxy) is 1. The molecule has 0 atom stereocenters. The molecule has 0 aliphatic carbocycles. The third-order valence-corrected chi connectivity index (χ3v) is 2.28. The monoisotopic (exact) mass is 316 g/mol. The van der Waals surface area contributed by atoms with Gasteiger partial charge in [-0.3, -0.25) is 29.4 Å². The zero-order valence-electron chi connectivity index (χ0n) is 12.3. The maximum atomic E-state index is 11.4. The number of Topliss-reactive ketones (excluding diaryl/α,β-unsaturated/α-hetero) is 2. The van der Waals surface area contributed by atoms with E-state index in [9.17, 15) is 24.0 Å². The van der Waals surface area contributed by atoms with Gasteiger partial charge in [-0.15, -0.1) is 0 Å². The number of amides is 3. The van der Waals surface area contributed by atoms with E-state index in [1.165, 1.54) is 6.92 Å². The molecule has 3 amide bonds. The maximum absolute atomic E-state index is 11.4. The van der Waals surface area contributed by atoms with Crippen LogP contribution in [0.2, 0.25) is 0 Å². The smallest absolute Gasteiger partial charge is 0.259 e. The van der Waals surface area contributed by atoms with E-state index in [1.54, 1.807) is 0 Å². The Hall–Kier alpha value is -2.33. The van der Waals surface area contributed by atoms with Gasteiger partial charge in [0.1, 0.15) is 19.0 Å². The van der Waals surface area contributed by atoms with E-state index < -0.39 is 17.7 Å². The Labute approximate surface area is 127 Å². The highest BCUT2D eigenvalue weighted by molar-refractivity contribution is 5.90. The third-order valence-electron chi connectivity index (χ3n) is 2.28. The van der Waals surface area contributed by atoms with E-state index in [4.69, 9.17) is 10.6 Å². The lowest BCUT2D eigenvalue weighted by molar-refractivity contribution is -0.132. The van der Waals surface area contributed by atoms with E-state index in [1.807, 2.05) is 5.43 Å². The van der Waals surface area contributed by atoms with Gasteiger partial charge in [0, 0.05) is 12.8 Å². The van der Waals surface area contributed by atoms with Gasteiger partial charge < -0.3 is 15.4 Å². The summed E-state index contributed by atoms with van der Waals surface area (Å²) in [5.41, 5.74) is 1.82. The number of carbonyl (C=O) groups is 5. The number of rotatable bonds is 11. The minimum atomic E-state index is -0.583. The number of nitrogens with one attached hydrogen (secondary N) is 3. The van der Waals surface area contributed by atoms with Crippen LogP contribution in [-0.2, 0) is 28.7 Å². The molecule has 0 fully saturated rings. The summed E-state index contributed by atoms with van der Waals surface area (Å²) in [7, 11) is 0. The van der Waals surface area contributed by atoms with Crippen LogP contribution in [-0.4, -0.2) is 55.6 Å². The molecule has 5 N–H and O–H groups in total. The average Bonchev–Trinajstić information content (AvgIpc) is 2.48. The van der Waals surface area contributed by atoms with Crippen molar-refractivity contribution in [2.45, 2.75) is 19.8 Å². The molecule has 0 saturated heterocycles. The van der Waals surface area contributed by atoms with E-state index in [0.717, 1.165) is 0 Å². The lowest BCUT2D eigenvalue weighted by Crippen LogP contribution is -2.36. The number of nitrogens with two attached hydrogens (primary N) is 1. The molecule has 10 nitrogen and oxygen atoms in total. The summed E-state index contributed by atoms with van der Waals surface area (Å²) in [4.78, 5) is 55.3. The molecule has 0 unspecified atom stereocenters. The van der Waals surface area contributed by atoms with Crippen LogP contribution in [0, 0.1) is 0 Å². The maximum Gasteiger partial charge on any atom is 0.259 e. The Morgan fingerprint density at radius 2 is 1.45 bits per heavy atom. The lowest BCUT2D eigenvalue weighted by atomic mass is 10.2. The summed E-state index contributed by atoms with van der Waals surface area (Å²) in [6.45, 7) is 0.261. The summed E-state index contributed by atoms with van der Waals surface area (Å²) in [5, 5.41) is 4.64. The van der Waals surface area contributed by atoms with Crippen LogP contribution < -0.4 is 21.9 Å². The molecule has 0 heterocycles. The summed E-state index contributed by atoms with van der Waals surface area (Å²) < 4.78 is 4.72. The molecule has 10 heteroatoms. The first-order valence-electron chi connectivity index (χ1n) is 6.47. The fraction of sp³-hybridized carbons (Fsp3) is 0.583. The molecule has 0 bridgehead atoms. The highest BCUT2D eigenvalue weighted by Crippen LogP contribution is 1.90. The van der Waals surface area contributed by atoms with Gasteiger partial charge in [-0.25, -0.2) is 5.84 Å². The van der Waals surface area contributed by atoms with Crippen LogP contribution in [0.1, 0.15) is 19.8 Å². The zero-order valence-corrected chi connectivity index (χ0v) is 12.3. The van der Waals surface area contributed by atoms with Gasteiger partial charge in [-0.05, 0) is 6.92 Å². The summed E-state index contributed by atoms with van der Waals surface area (Å²) in [6, 6.07) is 0. The molecular formula is C12H20N4O6. The SMILES string of the molecule is CC(=O)CNC(=O)CCC(=O)CNC(=O)COCC(=O)NN. The number of carbonyl (C=O) groups excluding carboxylic acids is 5. The second-order valence-corrected chi connectivity index (χ2v) is 4.35. The Kier molecular flexibility index (Phi) is 10.1. The predicted octanol–water partition coefficient (Wildman–Crippen LogP) is -2.84. The van der Waals surface area contributed by atoms with Crippen molar-refractivity contribution in [1.29, 1.82) is 0 Å². The minimum absolute atomic E-state index is 0.0551. The Morgan fingerprint density at radius 1 is 0.864 bits per heavy atom. The molecule has 0 saturated carbocycles. The van der Waals surface area contributed by atoms with E-state index in [-0.39, 0.29) is 50.7 Å². The topological polar surface area (TPSA) is 157 Å². The Bertz CT molecular complexity index is 437. The van der Waals surface area contributed by atoms with E-state index >= 15 is 0 Å². The second kappa shape index (κ2) is 11.3. The van der Waals surface area contributed by atoms with Crippen molar-refractivity contribution in [3.05, 3.63) is 0 Å². The molecule has 22 heavy (non-hydrogen) atoms. The molecule has 0 aromatic heterocycles. The van der Waals surface area contributed by atoms with Gasteiger partial charge in [-0.1, -0.05) is 0 Å². The van der Waals surface area contributed by atoms with Crippen molar-refractivity contribution in [3.8, 4) is 0 Å². The predicted molar refractivity (Wildman–Crippen MR) is 74.1 cm³/mol. The second-order valence-electron chi connectivity index (χ2n) is 4.35. The number of hydrogen-bond acceptors (Lipinski definition) is 7. The first-order valence-corrected chi connectivity index (χ1v) is 6.47. The van der Waals surface area contributed by atoms with Crippen molar-refractivity contribution in [2.24, 2.45) is 5.84 Å². The zero-order chi connectivity index (χ0) is 17.0. The number of ketones is 2. The lowest BCUT2D eigenvalue weighted by Gasteiger charge is -2.06. The van der Waals surface area contributed by atoms with Crippen LogP contribution >= 0.6 is 0 Å². The van der Waals surface area contributed by atoms with E-state index in [2.05, 4.69) is 10.6 Å². The van der Waals surface area contributed by atoms with Gasteiger partial charge in [0.05, 0.1) is 13.1 Å². The molecule has 0 radical (unpaired) electrons. The van der Waals surface area contributed by atoms with Gasteiger partial charge in [0.25, 0.3) is 5.91 Å². The normalized spacial score (nSPS) is 9.73. The average molecular weight is 316 g/mol. The standard InChI is InChI=1S/C12H20N4O6/c1-8(17)4-14-10(19)3-2-9(18)5-15-11(20)6-22-7-12(21)16-13/h2-7,13H2,1H3,(H,14,19)(H,15,20)(H,16,21). The molecule has 0 aliphatic heterocycles. The van der Waals surface area contributed by atoms with Crippen LogP contribution in [0.15, 0.2) is 0 Å². The van der Waals surface area contributed by atoms with E-state index in [0.29, 0.717) is 0 Å². The summed E-state index contributed by atoms with van der Waals surface area (Å²) >= 11 is 0. The van der Waals surface area contributed by atoms with Crippen LogP contribution in [0.25, 0.3) is 0 Å².